The number of carbonyl (C=O) groups excluding carboxylic acids is 3. The van der Waals surface area contributed by atoms with Crippen molar-refractivity contribution in [2.75, 3.05) is 6.61 Å². The lowest BCUT2D eigenvalue weighted by molar-refractivity contribution is -0.440. The van der Waals surface area contributed by atoms with Crippen molar-refractivity contribution in [1.82, 2.24) is 0 Å². The number of benzene rings is 1. The number of esters is 3. The summed E-state index contributed by atoms with van der Waals surface area (Å²) in [6.07, 6.45) is -27.3. The Morgan fingerprint density at radius 3 is 1.33 bits per heavy atom. The molecule has 0 saturated carbocycles. The fraction of sp³-hybridized carbons (Fsp3) is 0.717. The van der Waals surface area contributed by atoms with Gasteiger partial charge < -0.3 is 28.1 Å². The molecule has 0 aromatic heterocycles. The van der Waals surface area contributed by atoms with Gasteiger partial charge in [0.15, 0.2) is 8.32 Å². The Morgan fingerprint density at radius 1 is 0.512 bits per heavy atom. The van der Waals surface area contributed by atoms with Crippen molar-refractivity contribution in [1.29, 1.82) is 0 Å². The molecule has 1 aromatic carbocycles. The van der Waals surface area contributed by atoms with E-state index < -0.39 is 184 Å². The van der Waals surface area contributed by atoms with Crippen LogP contribution in [0.25, 0.3) is 0 Å². The quantitative estimate of drug-likeness (QED) is 0.0348. The van der Waals surface area contributed by atoms with Gasteiger partial charge in [0, 0.05) is 25.0 Å². The van der Waals surface area contributed by atoms with Crippen LogP contribution in [-0.2, 0) is 44.4 Å². The third-order valence-electron chi connectivity index (χ3n) is 12.6. The lowest BCUT2D eigenvalue weighted by atomic mass is 9.92. The second-order valence-electron chi connectivity index (χ2n) is 19.2. The number of cyclic esters (lactones) is 3. The highest BCUT2D eigenvalue weighted by atomic mass is 28.4. The second kappa shape index (κ2) is 25.4. The summed E-state index contributed by atoms with van der Waals surface area (Å²) in [6.45, 7) is 6.61. The van der Waals surface area contributed by atoms with E-state index in [9.17, 15) is 120 Å². The van der Waals surface area contributed by atoms with Crippen molar-refractivity contribution in [2.45, 2.75) is 200 Å². The Labute approximate surface area is 449 Å². The van der Waals surface area contributed by atoms with Crippen molar-refractivity contribution in [3.05, 3.63) is 54.1 Å². The zero-order valence-corrected chi connectivity index (χ0v) is 44.1. The van der Waals surface area contributed by atoms with E-state index in [1.807, 2.05) is 0 Å². The van der Waals surface area contributed by atoms with Gasteiger partial charge in [-0.1, -0.05) is 39.8 Å². The van der Waals surface area contributed by atoms with E-state index >= 15 is 8.78 Å². The predicted molar refractivity (Wildman–Crippen MR) is 231 cm³/mol. The first kappa shape index (κ1) is 73.3. The maximum Gasteiger partial charge on any atom is 0.460 e. The molecule has 9 nitrogen and oxygen atoms in total. The monoisotopic (exact) mass is 1270 g/mol. The van der Waals surface area contributed by atoms with Gasteiger partial charge in [-0.15, -0.1) is 0 Å². The molecule has 0 N–H and O–H groups in total. The molecule has 0 bridgehead atoms. The molecule has 1 aromatic rings. The fourth-order valence-corrected chi connectivity index (χ4v) is 12.2. The average molecular weight is 1270 g/mol. The lowest BCUT2D eigenvalue weighted by Crippen LogP contribution is -2.70. The minimum absolute atomic E-state index is 0.138. The van der Waals surface area contributed by atoms with Crippen molar-refractivity contribution >= 4 is 26.2 Å². The molecule has 1 aliphatic heterocycles. The molecule has 0 aliphatic carbocycles. The van der Waals surface area contributed by atoms with E-state index in [1.165, 1.54) is 41.5 Å². The average Bonchev–Trinajstić information content (AvgIpc) is 3.31. The number of ether oxygens (including phenoxy) is 5. The summed E-state index contributed by atoms with van der Waals surface area (Å²) < 4.78 is 389. The van der Waals surface area contributed by atoms with Crippen LogP contribution in [0.1, 0.15) is 79.7 Å². The minimum atomic E-state index is -8.15. The number of hydrogen-bond acceptors (Lipinski definition) is 9. The van der Waals surface area contributed by atoms with Crippen molar-refractivity contribution in [2.24, 2.45) is 0 Å². The van der Waals surface area contributed by atoms with Gasteiger partial charge >= 0.3 is 89.5 Å². The molecule has 1 heterocycles. The highest BCUT2D eigenvalue weighted by molar-refractivity contribution is 6.76. The summed E-state index contributed by atoms with van der Waals surface area (Å²) in [5.41, 5.74) is -2.10. The van der Waals surface area contributed by atoms with Crippen molar-refractivity contribution in [3.8, 4) is 5.75 Å². The van der Waals surface area contributed by atoms with Crippen LogP contribution in [0.5, 0.6) is 5.75 Å². The molecular weight excluding hydrogens is 1220 g/mol. The van der Waals surface area contributed by atoms with Gasteiger partial charge in [-0.2, -0.15) is 114 Å². The summed E-state index contributed by atoms with van der Waals surface area (Å²) in [7, 11) is -4.46. The first-order valence-corrected chi connectivity index (χ1v) is 25.8. The Hall–Kier alpha value is -4.77. The molecule has 1 aliphatic rings. The Bertz CT molecular complexity index is 2360. The number of rotatable bonds is 23. The molecule has 0 amide bonds. The largest absolute Gasteiger partial charge is 0.494 e. The molecule has 2 rings (SSSR count). The number of halogens is 26. The van der Waals surface area contributed by atoms with Gasteiger partial charge in [0.25, 0.3) is 0 Å². The molecule has 474 valence electrons. The van der Waals surface area contributed by atoms with Gasteiger partial charge in [0.2, 0.25) is 0 Å². The second-order valence-corrected chi connectivity index (χ2v) is 24.2. The van der Waals surface area contributed by atoms with Crippen LogP contribution < -0.4 is 4.74 Å². The van der Waals surface area contributed by atoms with Crippen LogP contribution in [0.3, 0.4) is 0 Å². The van der Waals surface area contributed by atoms with Crippen LogP contribution >= 0.6 is 0 Å². The molecule has 0 fully saturated rings. The predicted octanol–water partition coefficient (Wildman–Crippen LogP) is 15.1. The molecule has 0 spiro atoms. The molecule has 5 atom stereocenters. The molecule has 0 unspecified atom stereocenters. The molecular formula is C46H50F26O9Si. The zero-order valence-electron chi connectivity index (χ0n) is 43.1. The maximum absolute atomic E-state index is 15.2. The van der Waals surface area contributed by atoms with Crippen LogP contribution in [0.2, 0.25) is 17.1 Å². The van der Waals surface area contributed by atoms with E-state index in [4.69, 9.17) is 28.1 Å². The standard InChI is InChI=1S/C46H50F26O9Si/c1-23(2)82(24(3)4,20-18-36(49,50)38(53,54)40(57,58)42(61,62)44(65,66)46(70,71)72)81-31-14-16-32(73)78-25(5)21-34(75)80-26(6)30(13-15-33(74)79-27(31)7)77-22-28-9-11-29(12-10-28)76-19-8-17-35(47,48)37(51,52)39(55,56)41(59,60)43(63,64)45(67,68)69/h9-16,23-27,30-31H,8,17-22H2,1-7H3/b15-13+,16-14+/t25-,26+,27+,30-,31-/m0/s1. The summed E-state index contributed by atoms with van der Waals surface area (Å²) in [6, 6.07) is 2.86. The summed E-state index contributed by atoms with van der Waals surface area (Å²) in [5, 5.41) is 0. The number of carbonyl (C=O) groups is 3. The summed E-state index contributed by atoms with van der Waals surface area (Å²) >= 11 is 0. The normalized spacial score (nSPS) is 22.0. The number of alkyl halides is 26. The summed E-state index contributed by atoms with van der Waals surface area (Å²) in [4.78, 5) is 39.0. The van der Waals surface area contributed by atoms with Crippen LogP contribution in [0.15, 0.2) is 48.6 Å². The van der Waals surface area contributed by atoms with E-state index in [-0.39, 0.29) is 11.3 Å². The highest BCUT2D eigenvalue weighted by Gasteiger charge is 2.92. The van der Waals surface area contributed by atoms with Gasteiger partial charge in [-0.3, -0.25) is 4.79 Å². The van der Waals surface area contributed by atoms with Gasteiger partial charge in [-0.25, -0.2) is 9.59 Å². The van der Waals surface area contributed by atoms with E-state index in [0.717, 1.165) is 43.3 Å². The molecule has 0 radical (unpaired) electrons. The van der Waals surface area contributed by atoms with Crippen LogP contribution in [-0.4, -0.2) is 135 Å². The van der Waals surface area contributed by atoms with E-state index in [2.05, 4.69) is 0 Å². The lowest BCUT2D eigenvalue weighted by Gasteiger charge is -2.44. The van der Waals surface area contributed by atoms with Gasteiger partial charge in [0.05, 0.1) is 19.6 Å². The Morgan fingerprint density at radius 2 is 0.902 bits per heavy atom. The van der Waals surface area contributed by atoms with Crippen LogP contribution in [0.4, 0.5) is 114 Å². The zero-order chi connectivity index (χ0) is 64.3. The molecule has 36 heteroatoms. The SMILES string of the molecule is CC(C)[Si](CCC(F)(F)C(F)(F)C(F)(F)C(F)(F)C(F)(F)C(F)(F)F)(O[C@H]1/C=C/C(=O)O[C@@H](C)CC(=O)O[C@H](C)[C@@H](OCc2ccc(OCCCC(F)(F)C(F)(F)C(F)(F)C(F)(F)C(F)(F)C(F)(F)F)cc2)/C=C/C(=O)O[C@@H]1C)C(C)C. The maximum atomic E-state index is 15.2. The fourth-order valence-electron chi connectivity index (χ4n) is 7.57. The van der Waals surface area contributed by atoms with Crippen molar-refractivity contribution in [3.63, 3.8) is 0 Å². The van der Waals surface area contributed by atoms with Gasteiger partial charge in [0.1, 0.15) is 36.3 Å². The van der Waals surface area contributed by atoms with E-state index in [0.29, 0.717) is 12.2 Å². The van der Waals surface area contributed by atoms with Crippen LogP contribution in [0, 0.1) is 0 Å². The molecule has 0 saturated heterocycles. The number of hydrogen-bond donors (Lipinski definition) is 0. The molecule has 82 heavy (non-hydrogen) atoms. The topological polar surface area (TPSA) is 107 Å². The summed E-state index contributed by atoms with van der Waals surface area (Å²) in [5.74, 6) is -80.1. The first-order chi connectivity index (χ1) is 36.6. The van der Waals surface area contributed by atoms with Crippen molar-refractivity contribution < 1.29 is 157 Å². The Kier molecular flexibility index (Phi) is 22.7. The highest BCUT2D eigenvalue weighted by Crippen LogP contribution is 2.63. The van der Waals surface area contributed by atoms with Gasteiger partial charge in [-0.05, 0) is 74.2 Å². The minimum Gasteiger partial charge on any atom is -0.494 e. The Balaban J connectivity index is 2.39. The third kappa shape index (κ3) is 15.0. The smallest absolute Gasteiger partial charge is 0.460 e. The third-order valence-corrected chi connectivity index (χ3v) is 18.2. The van der Waals surface area contributed by atoms with E-state index in [1.54, 1.807) is 0 Å². The first-order valence-electron chi connectivity index (χ1n) is 23.5.